The third-order valence-corrected chi connectivity index (χ3v) is 3.75. The molecular formula is C4H3N2OSSe+. The van der Waals surface area contributed by atoms with Crippen molar-refractivity contribution in [1.29, 1.82) is 0 Å². The van der Waals surface area contributed by atoms with Gasteiger partial charge in [0.1, 0.15) is 0 Å². The molecule has 1 aromatic heterocycles. The van der Waals surface area contributed by atoms with Gasteiger partial charge in [0.2, 0.25) is 0 Å². The monoisotopic (exact) mass is 207 g/mol. The Morgan fingerprint density at radius 1 is 1.78 bits per heavy atom. The second-order valence-corrected chi connectivity index (χ2v) is 3.97. The van der Waals surface area contributed by atoms with Crippen molar-refractivity contribution in [1.82, 2.24) is 5.10 Å². The molecule has 9 heavy (non-hydrogen) atoms. The van der Waals surface area contributed by atoms with Crippen LogP contribution in [-0.2, 0) is 0 Å². The third-order valence-electron chi connectivity index (χ3n) is 0.847. The zero-order chi connectivity index (χ0) is 6.10. The molecule has 0 fully saturated rings. The number of aromatic nitrogens is 2. The minimum atomic E-state index is 0.327. The average Bonchev–Trinajstić information content (AvgIpc) is 2.33. The Morgan fingerprint density at radius 2 is 2.78 bits per heavy atom. The van der Waals surface area contributed by atoms with Crippen LogP contribution in [0.4, 0.5) is 0 Å². The number of thioether (sulfide) groups is 1. The van der Waals surface area contributed by atoms with Gasteiger partial charge in [-0.3, -0.25) is 0 Å². The van der Waals surface area contributed by atoms with Crippen LogP contribution in [-0.4, -0.2) is 20.3 Å². The fraction of sp³-hybridized carbons (Fsp3) is 0. The van der Waals surface area contributed by atoms with Gasteiger partial charge in [-0.15, -0.1) is 0 Å². The van der Waals surface area contributed by atoms with E-state index in [1.807, 2.05) is 9.11 Å². The predicted molar refractivity (Wildman–Crippen MR) is 32.8 cm³/mol. The molecule has 0 N–H and O–H groups in total. The third kappa shape index (κ3) is 0.913. The molecule has 46 valence electrons. The van der Waals surface area contributed by atoms with Crippen molar-refractivity contribution in [2.24, 2.45) is 0 Å². The van der Waals surface area contributed by atoms with Gasteiger partial charge in [-0.25, -0.2) is 0 Å². The van der Waals surface area contributed by atoms with E-state index in [-0.39, 0.29) is 0 Å². The summed E-state index contributed by atoms with van der Waals surface area (Å²) in [7, 11) is 0. The number of nitrogens with zero attached hydrogens (tertiary/aromatic N) is 2. The van der Waals surface area contributed by atoms with Crippen LogP contribution in [0.1, 0.15) is 0 Å². The maximum atomic E-state index is 5.04. The summed E-state index contributed by atoms with van der Waals surface area (Å²) in [6.45, 7) is 0. The summed E-state index contributed by atoms with van der Waals surface area (Å²) < 4.78 is 6.91. The van der Waals surface area contributed by atoms with E-state index < -0.39 is 0 Å². The molecule has 0 amide bonds. The van der Waals surface area contributed by atoms with Crippen molar-refractivity contribution < 1.29 is 8.12 Å². The van der Waals surface area contributed by atoms with E-state index in [1.54, 1.807) is 11.8 Å². The SMILES string of the molecule is C1=C[Se][n+]2ncoc2S1. The topological polar surface area (TPSA) is 29.9 Å². The molecule has 0 aliphatic carbocycles. The van der Waals surface area contributed by atoms with Crippen LogP contribution in [0.2, 0.25) is 0 Å². The number of hydrogen-bond donors (Lipinski definition) is 0. The van der Waals surface area contributed by atoms with Gasteiger partial charge < -0.3 is 0 Å². The van der Waals surface area contributed by atoms with Gasteiger partial charge in [-0.05, 0) is 0 Å². The molecule has 2 rings (SSSR count). The summed E-state index contributed by atoms with van der Waals surface area (Å²) in [5.41, 5.74) is 0. The van der Waals surface area contributed by atoms with Crippen molar-refractivity contribution in [2.45, 2.75) is 5.22 Å². The van der Waals surface area contributed by atoms with Crippen molar-refractivity contribution in [3.8, 4) is 0 Å². The summed E-state index contributed by atoms with van der Waals surface area (Å²) in [5.74, 6) is 0. The molecule has 0 aromatic carbocycles. The average molecular weight is 206 g/mol. The second kappa shape index (κ2) is 2.17. The minimum absolute atomic E-state index is 0.327. The summed E-state index contributed by atoms with van der Waals surface area (Å²) in [4.78, 5) is 2.10. The van der Waals surface area contributed by atoms with Crippen LogP contribution in [0, 0.1) is 0 Å². The molecule has 0 unspecified atom stereocenters. The molecule has 2 heterocycles. The maximum absolute atomic E-state index is 5.04. The Morgan fingerprint density at radius 3 is 3.67 bits per heavy atom. The van der Waals surface area contributed by atoms with E-state index in [0.29, 0.717) is 15.2 Å². The molecule has 0 bridgehead atoms. The second-order valence-electron chi connectivity index (χ2n) is 1.37. The quantitative estimate of drug-likeness (QED) is 0.560. The number of fused-ring (bicyclic) bond motifs is 1. The first kappa shape index (κ1) is 5.53. The zero-order valence-electron chi connectivity index (χ0n) is 4.35. The van der Waals surface area contributed by atoms with Crippen molar-refractivity contribution in [3.63, 3.8) is 0 Å². The summed E-state index contributed by atoms with van der Waals surface area (Å²) in [6.07, 6.45) is 1.47. The van der Waals surface area contributed by atoms with E-state index in [0.717, 1.165) is 5.22 Å². The number of rotatable bonds is 0. The first-order chi connectivity index (χ1) is 4.47. The molecule has 1 aliphatic rings. The van der Waals surface area contributed by atoms with E-state index >= 15 is 0 Å². The van der Waals surface area contributed by atoms with Gasteiger partial charge in [-0.1, -0.05) is 0 Å². The zero-order valence-corrected chi connectivity index (χ0v) is 6.88. The van der Waals surface area contributed by atoms with Crippen LogP contribution in [0.15, 0.2) is 26.4 Å². The van der Waals surface area contributed by atoms with Crippen molar-refractivity contribution >= 4 is 26.9 Å². The Bertz CT molecular complexity index is 224. The van der Waals surface area contributed by atoms with Crippen LogP contribution < -0.4 is 3.70 Å². The van der Waals surface area contributed by atoms with Crippen LogP contribution >= 0.6 is 11.8 Å². The summed E-state index contributed by atoms with van der Waals surface area (Å²) in [6, 6.07) is 0. The van der Waals surface area contributed by atoms with E-state index in [4.69, 9.17) is 4.42 Å². The molecule has 0 atom stereocenters. The first-order valence-electron chi connectivity index (χ1n) is 2.31. The standard InChI is InChI=1S/C4H3N2OSSe/c1-2-9-6-4(8-1)7-3-5-6/h1-3H/q+1. The Balaban J connectivity index is 2.46. The molecule has 1 aliphatic heterocycles. The molecule has 0 saturated heterocycles. The Kier molecular flexibility index (Phi) is 1.33. The summed E-state index contributed by atoms with van der Waals surface area (Å²) >= 11 is 1.89. The fourth-order valence-electron chi connectivity index (χ4n) is 0.515. The number of hydrogen-bond acceptors (Lipinski definition) is 3. The molecule has 3 nitrogen and oxygen atoms in total. The summed E-state index contributed by atoms with van der Waals surface area (Å²) in [5, 5.41) is 6.88. The predicted octanol–water partition coefficient (Wildman–Crippen LogP) is 0.00630. The van der Waals surface area contributed by atoms with E-state index in [1.165, 1.54) is 6.39 Å². The van der Waals surface area contributed by atoms with Gasteiger partial charge >= 0.3 is 62.1 Å². The van der Waals surface area contributed by atoms with Gasteiger partial charge in [0.05, 0.1) is 0 Å². The molecule has 5 heteroatoms. The van der Waals surface area contributed by atoms with E-state index in [2.05, 4.69) is 10.1 Å². The van der Waals surface area contributed by atoms with Gasteiger partial charge in [0, 0.05) is 0 Å². The normalized spacial score (nSPS) is 15.6. The first-order valence-corrected chi connectivity index (χ1v) is 4.95. The molecule has 1 aromatic rings. The van der Waals surface area contributed by atoms with Crippen molar-refractivity contribution in [2.75, 3.05) is 0 Å². The molecule has 0 saturated carbocycles. The van der Waals surface area contributed by atoms with Crippen LogP contribution in [0.25, 0.3) is 0 Å². The molecule has 0 spiro atoms. The van der Waals surface area contributed by atoms with Crippen LogP contribution in [0.5, 0.6) is 0 Å². The van der Waals surface area contributed by atoms with Crippen molar-refractivity contribution in [3.05, 3.63) is 16.8 Å². The van der Waals surface area contributed by atoms with Crippen LogP contribution in [0.3, 0.4) is 0 Å². The Hall–Kier alpha value is -0.251. The fourth-order valence-corrected chi connectivity index (χ4v) is 2.84. The van der Waals surface area contributed by atoms with Gasteiger partial charge in [0.15, 0.2) is 0 Å². The van der Waals surface area contributed by atoms with Gasteiger partial charge in [-0.2, -0.15) is 0 Å². The molecular weight excluding hydrogens is 203 g/mol. The van der Waals surface area contributed by atoms with Gasteiger partial charge in [0.25, 0.3) is 0 Å². The molecule has 0 radical (unpaired) electrons. The Labute approximate surface area is 62.5 Å². The van der Waals surface area contributed by atoms with E-state index in [9.17, 15) is 0 Å².